The van der Waals surface area contributed by atoms with Gasteiger partial charge in [0.25, 0.3) is 5.56 Å². The van der Waals surface area contributed by atoms with Gasteiger partial charge in [0.05, 0.1) is 0 Å². The van der Waals surface area contributed by atoms with E-state index >= 15 is 0 Å². The van der Waals surface area contributed by atoms with Crippen molar-refractivity contribution in [2.24, 2.45) is 20.0 Å². The molecule has 0 amide bonds. The minimum absolute atomic E-state index is 0.247. The second-order valence-corrected chi connectivity index (χ2v) is 5.55. The van der Waals surface area contributed by atoms with Crippen LogP contribution in [0.5, 0.6) is 0 Å². The Hall–Kier alpha value is -1.40. The van der Waals surface area contributed by atoms with Gasteiger partial charge >= 0.3 is 5.69 Å². The molecule has 2 heterocycles. The normalized spacial score (nSPS) is 19.6. The largest absolute Gasteiger partial charge is 0.330 e. The van der Waals surface area contributed by atoms with Crippen molar-refractivity contribution in [2.75, 3.05) is 26.2 Å². The van der Waals surface area contributed by atoms with Crippen LogP contribution < -0.4 is 16.6 Å². The maximum Gasteiger partial charge on any atom is 0.330 e. The van der Waals surface area contributed by atoms with Gasteiger partial charge in [0.1, 0.15) is 0 Å². The number of hydrogen-bond donors (Lipinski definition) is 1. The van der Waals surface area contributed by atoms with Gasteiger partial charge in [-0.05, 0) is 32.0 Å². The number of nitrogens with zero attached hydrogens (tertiary/aromatic N) is 3. The third-order valence-corrected chi connectivity index (χ3v) is 4.18. The maximum atomic E-state index is 11.8. The lowest BCUT2D eigenvalue weighted by atomic mass is 10.1. The van der Waals surface area contributed by atoms with Crippen LogP contribution in [-0.4, -0.2) is 40.2 Å². The molecule has 1 atom stereocenters. The maximum absolute atomic E-state index is 11.8. The van der Waals surface area contributed by atoms with E-state index in [2.05, 4.69) is 17.1 Å². The Bertz CT molecular complexity index is 576. The monoisotopic (exact) mass is 280 g/mol. The van der Waals surface area contributed by atoms with E-state index in [0.717, 1.165) is 29.9 Å². The highest BCUT2D eigenvalue weighted by molar-refractivity contribution is 5.01. The fourth-order valence-corrected chi connectivity index (χ4v) is 2.72. The first-order valence-corrected chi connectivity index (χ1v) is 7.22. The molecule has 112 valence electrons. The highest BCUT2D eigenvalue weighted by Crippen LogP contribution is 2.14. The van der Waals surface area contributed by atoms with Crippen LogP contribution in [0.3, 0.4) is 0 Å². The number of nitrogens with one attached hydrogen (secondary N) is 1. The predicted octanol–water partition coefficient (Wildman–Crippen LogP) is -0.485. The summed E-state index contributed by atoms with van der Waals surface area (Å²) in [7, 11) is 3.20. The van der Waals surface area contributed by atoms with Gasteiger partial charge < -0.3 is 10.2 Å². The van der Waals surface area contributed by atoms with Crippen molar-refractivity contribution in [3.63, 3.8) is 0 Å². The Kier molecular flexibility index (Phi) is 4.77. The Morgan fingerprint density at radius 1 is 1.30 bits per heavy atom. The molecule has 1 unspecified atom stereocenters. The summed E-state index contributed by atoms with van der Waals surface area (Å²) in [5.74, 6) is 0.665. The van der Waals surface area contributed by atoms with Crippen LogP contribution in [0.4, 0.5) is 0 Å². The standard InChI is InChI=1S/C14H24N4O2/c1-4-18-6-5-11(10-18)8-15-9-12-7-13(19)17(3)14(20)16(12)2/h7,11,15H,4-6,8-10H2,1-3H3. The summed E-state index contributed by atoms with van der Waals surface area (Å²) in [6, 6.07) is 1.53. The van der Waals surface area contributed by atoms with Crippen molar-refractivity contribution in [3.8, 4) is 0 Å². The summed E-state index contributed by atoms with van der Waals surface area (Å²) in [6.45, 7) is 7.10. The molecule has 0 saturated carbocycles. The van der Waals surface area contributed by atoms with Crippen LogP contribution in [0.2, 0.25) is 0 Å². The van der Waals surface area contributed by atoms with Gasteiger partial charge in [-0.1, -0.05) is 6.92 Å². The molecule has 1 aliphatic rings. The van der Waals surface area contributed by atoms with E-state index < -0.39 is 0 Å². The fourth-order valence-electron chi connectivity index (χ4n) is 2.72. The molecule has 1 N–H and O–H groups in total. The fraction of sp³-hybridized carbons (Fsp3) is 0.714. The zero-order chi connectivity index (χ0) is 14.7. The van der Waals surface area contributed by atoms with Gasteiger partial charge in [0.15, 0.2) is 0 Å². The molecular weight excluding hydrogens is 256 g/mol. The zero-order valence-corrected chi connectivity index (χ0v) is 12.6. The van der Waals surface area contributed by atoms with E-state index in [0.29, 0.717) is 12.5 Å². The molecule has 1 saturated heterocycles. The van der Waals surface area contributed by atoms with E-state index in [-0.39, 0.29) is 11.2 Å². The van der Waals surface area contributed by atoms with Crippen LogP contribution in [0.25, 0.3) is 0 Å². The SMILES string of the molecule is CCN1CCC(CNCc2cc(=O)n(C)c(=O)n2C)C1. The second kappa shape index (κ2) is 6.37. The van der Waals surface area contributed by atoms with Gasteiger partial charge in [-0.25, -0.2) is 4.79 Å². The summed E-state index contributed by atoms with van der Waals surface area (Å²) >= 11 is 0. The van der Waals surface area contributed by atoms with Gasteiger partial charge in [-0.3, -0.25) is 13.9 Å². The third-order valence-electron chi connectivity index (χ3n) is 4.18. The summed E-state index contributed by atoms with van der Waals surface area (Å²) in [5, 5.41) is 3.37. The van der Waals surface area contributed by atoms with Gasteiger partial charge in [-0.15, -0.1) is 0 Å². The highest BCUT2D eigenvalue weighted by Gasteiger charge is 2.20. The topological polar surface area (TPSA) is 59.3 Å². The summed E-state index contributed by atoms with van der Waals surface area (Å²) in [4.78, 5) is 25.9. The van der Waals surface area contributed by atoms with E-state index in [9.17, 15) is 9.59 Å². The first kappa shape index (κ1) is 15.0. The Labute approximate surface area is 119 Å². The molecule has 1 fully saturated rings. The van der Waals surface area contributed by atoms with Gasteiger partial charge in [0, 0.05) is 38.9 Å². The van der Waals surface area contributed by atoms with Crippen LogP contribution >= 0.6 is 0 Å². The van der Waals surface area contributed by atoms with Crippen molar-refractivity contribution in [2.45, 2.75) is 19.9 Å². The molecule has 0 spiro atoms. The number of likely N-dealkylation sites (tertiary alicyclic amines) is 1. The zero-order valence-electron chi connectivity index (χ0n) is 12.6. The lowest BCUT2D eigenvalue weighted by Gasteiger charge is -2.15. The van der Waals surface area contributed by atoms with Crippen LogP contribution in [-0.2, 0) is 20.6 Å². The highest BCUT2D eigenvalue weighted by atomic mass is 16.2. The van der Waals surface area contributed by atoms with E-state index in [4.69, 9.17) is 0 Å². The summed E-state index contributed by atoms with van der Waals surface area (Å²) in [6.07, 6.45) is 1.22. The molecule has 0 aromatic carbocycles. The Morgan fingerprint density at radius 2 is 2.05 bits per heavy atom. The first-order chi connectivity index (χ1) is 9.52. The molecule has 1 aromatic rings. The molecule has 0 aliphatic carbocycles. The molecule has 2 rings (SSSR count). The predicted molar refractivity (Wildman–Crippen MR) is 78.9 cm³/mol. The molecule has 1 aliphatic heterocycles. The molecular formula is C14H24N4O2. The van der Waals surface area contributed by atoms with Crippen molar-refractivity contribution in [1.29, 1.82) is 0 Å². The molecule has 0 radical (unpaired) electrons. The number of rotatable bonds is 5. The molecule has 1 aromatic heterocycles. The first-order valence-electron chi connectivity index (χ1n) is 7.22. The van der Waals surface area contributed by atoms with Crippen molar-refractivity contribution in [1.82, 2.24) is 19.4 Å². The molecule has 0 bridgehead atoms. The average Bonchev–Trinajstić information content (AvgIpc) is 2.90. The lowest BCUT2D eigenvalue weighted by molar-refractivity contribution is 0.338. The minimum Gasteiger partial charge on any atom is -0.311 e. The molecule has 6 nitrogen and oxygen atoms in total. The third kappa shape index (κ3) is 3.19. The van der Waals surface area contributed by atoms with E-state index in [1.165, 1.54) is 30.6 Å². The average molecular weight is 280 g/mol. The van der Waals surface area contributed by atoms with Crippen LogP contribution in [0.15, 0.2) is 15.7 Å². The smallest absolute Gasteiger partial charge is 0.311 e. The lowest BCUT2D eigenvalue weighted by Crippen LogP contribution is -2.39. The number of hydrogen-bond acceptors (Lipinski definition) is 4. The Balaban J connectivity index is 1.92. The summed E-state index contributed by atoms with van der Waals surface area (Å²) < 4.78 is 2.65. The second-order valence-electron chi connectivity index (χ2n) is 5.55. The van der Waals surface area contributed by atoms with Gasteiger partial charge in [-0.2, -0.15) is 0 Å². The molecule has 6 heteroatoms. The molecule has 20 heavy (non-hydrogen) atoms. The van der Waals surface area contributed by atoms with Crippen LogP contribution in [0, 0.1) is 5.92 Å². The van der Waals surface area contributed by atoms with Crippen molar-refractivity contribution < 1.29 is 0 Å². The van der Waals surface area contributed by atoms with Crippen molar-refractivity contribution >= 4 is 0 Å². The van der Waals surface area contributed by atoms with Crippen molar-refractivity contribution in [3.05, 3.63) is 32.6 Å². The van der Waals surface area contributed by atoms with E-state index in [1.54, 1.807) is 7.05 Å². The quantitative estimate of drug-likeness (QED) is 0.791. The summed E-state index contributed by atoms with van der Waals surface area (Å²) in [5.41, 5.74) is 0.221. The van der Waals surface area contributed by atoms with Gasteiger partial charge in [0.2, 0.25) is 0 Å². The Morgan fingerprint density at radius 3 is 2.70 bits per heavy atom. The minimum atomic E-state index is -0.271. The number of aromatic nitrogens is 2. The van der Waals surface area contributed by atoms with Crippen LogP contribution in [0.1, 0.15) is 19.0 Å². The van der Waals surface area contributed by atoms with E-state index in [1.807, 2.05) is 0 Å².